The second-order valence-electron chi connectivity index (χ2n) is 5.07. The lowest BCUT2D eigenvalue weighted by molar-refractivity contribution is 0.153. The first-order valence-electron chi connectivity index (χ1n) is 6.53. The fourth-order valence-electron chi connectivity index (χ4n) is 2.65. The molecule has 1 aromatic carbocycles. The minimum absolute atomic E-state index is 0.441. The second kappa shape index (κ2) is 5.90. The van der Waals surface area contributed by atoms with Crippen molar-refractivity contribution in [1.82, 2.24) is 0 Å². The van der Waals surface area contributed by atoms with E-state index in [9.17, 15) is 0 Å². The number of benzene rings is 1. The number of alkyl halides is 1. The number of rotatable bonds is 3. The number of aryl methyl sites for hydroxylation is 2. The Labute approximate surface area is 113 Å². The molecule has 1 fully saturated rings. The molecular weight excluding hydrogens is 276 g/mol. The zero-order chi connectivity index (χ0) is 12.3. The molecule has 0 bridgehead atoms. The fourth-order valence-corrected chi connectivity index (χ4v) is 2.98. The van der Waals surface area contributed by atoms with Crippen LogP contribution in [0.4, 0.5) is 0 Å². The van der Waals surface area contributed by atoms with Gasteiger partial charge in [0.25, 0.3) is 0 Å². The highest BCUT2D eigenvalue weighted by molar-refractivity contribution is 9.08. The van der Waals surface area contributed by atoms with Crippen LogP contribution in [-0.2, 0) is 5.33 Å². The first-order valence-corrected chi connectivity index (χ1v) is 7.65. The topological polar surface area (TPSA) is 9.23 Å². The highest BCUT2D eigenvalue weighted by Crippen LogP contribution is 2.30. The van der Waals surface area contributed by atoms with Gasteiger partial charge in [-0.1, -0.05) is 34.5 Å². The predicted octanol–water partition coefficient (Wildman–Crippen LogP) is 4.91. The fraction of sp³-hybridized carbons (Fsp3) is 0.600. The predicted molar refractivity (Wildman–Crippen MR) is 76.0 cm³/mol. The summed E-state index contributed by atoms with van der Waals surface area (Å²) in [6.45, 7) is 4.30. The van der Waals surface area contributed by atoms with Crippen molar-refractivity contribution in [2.75, 3.05) is 0 Å². The Kier molecular flexibility index (Phi) is 4.49. The second-order valence-corrected chi connectivity index (χ2v) is 5.63. The molecule has 1 aliphatic rings. The van der Waals surface area contributed by atoms with Crippen LogP contribution in [0, 0.1) is 13.8 Å². The Hall–Kier alpha value is -0.500. The Balaban J connectivity index is 2.14. The average molecular weight is 297 g/mol. The molecule has 0 aromatic heterocycles. The molecule has 0 spiro atoms. The van der Waals surface area contributed by atoms with Gasteiger partial charge in [0.05, 0.1) is 6.10 Å². The molecule has 1 nitrogen and oxygen atoms in total. The minimum atomic E-state index is 0.441. The van der Waals surface area contributed by atoms with E-state index in [1.54, 1.807) is 0 Å². The van der Waals surface area contributed by atoms with Crippen molar-refractivity contribution in [3.05, 3.63) is 28.8 Å². The van der Waals surface area contributed by atoms with E-state index in [0.29, 0.717) is 6.10 Å². The summed E-state index contributed by atoms with van der Waals surface area (Å²) in [6, 6.07) is 4.44. The van der Waals surface area contributed by atoms with Gasteiger partial charge >= 0.3 is 0 Å². The van der Waals surface area contributed by atoms with Crippen molar-refractivity contribution in [3.8, 4) is 5.75 Å². The normalized spacial score (nSPS) is 17.1. The van der Waals surface area contributed by atoms with Gasteiger partial charge in [-0.25, -0.2) is 0 Å². The van der Waals surface area contributed by atoms with Crippen molar-refractivity contribution in [2.24, 2.45) is 0 Å². The quantitative estimate of drug-likeness (QED) is 0.720. The molecule has 0 radical (unpaired) electrons. The van der Waals surface area contributed by atoms with Crippen molar-refractivity contribution in [3.63, 3.8) is 0 Å². The summed E-state index contributed by atoms with van der Waals surface area (Å²) in [5, 5.41) is 0.915. The third kappa shape index (κ3) is 3.25. The zero-order valence-electron chi connectivity index (χ0n) is 10.8. The van der Waals surface area contributed by atoms with Gasteiger partial charge in [-0.3, -0.25) is 0 Å². The van der Waals surface area contributed by atoms with Crippen LogP contribution in [0.1, 0.15) is 48.8 Å². The first kappa shape index (κ1) is 12.9. The molecule has 1 aliphatic carbocycles. The van der Waals surface area contributed by atoms with Crippen LogP contribution in [0.5, 0.6) is 5.75 Å². The minimum Gasteiger partial charge on any atom is -0.490 e. The van der Waals surface area contributed by atoms with Gasteiger partial charge in [-0.15, -0.1) is 0 Å². The van der Waals surface area contributed by atoms with Crippen molar-refractivity contribution in [2.45, 2.75) is 57.4 Å². The highest BCUT2D eigenvalue weighted by Gasteiger charge is 2.17. The van der Waals surface area contributed by atoms with E-state index in [0.717, 1.165) is 11.1 Å². The van der Waals surface area contributed by atoms with E-state index in [4.69, 9.17) is 4.74 Å². The Morgan fingerprint density at radius 1 is 1.12 bits per heavy atom. The number of ether oxygens (including phenoxy) is 1. The van der Waals surface area contributed by atoms with Crippen LogP contribution in [0.15, 0.2) is 12.1 Å². The average Bonchev–Trinajstić information content (AvgIpc) is 2.35. The van der Waals surface area contributed by atoms with Crippen LogP contribution in [0.3, 0.4) is 0 Å². The smallest absolute Gasteiger partial charge is 0.125 e. The third-order valence-corrected chi connectivity index (χ3v) is 4.16. The van der Waals surface area contributed by atoms with Gasteiger partial charge in [0.2, 0.25) is 0 Å². The van der Waals surface area contributed by atoms with E-state index in [-0.39, 0.29) is 0 Å². The van der Waals surface area contributed by atoms with Gasteiger partial charge in [-0.05, 0) is 56.2 Å². The van der Waals surface area contributed by atoms with Gasteiger partial charge in [-0.2, -0.15) is 0 Å². The van der Waals surface area contributed by atoms with Crippen LogP contribution in [0.2, 0.25) is 0 Å². The summed E-state index contributed by atoms with van der Waals surface area (Å²) < 4.78 is 6.20. The standard InChI is InChI=1S/C15H21BrO/c1-11-8-13(10-16)9-12(2)15(11)17-14-6-4-3-5-7-14/h8-9,14H,3-7,10H2,1-2H3. The molecule has 1 aromatic rings. The molecular formula is C15H21BrO. The molecule has 0 unspecified atom stereocenters. The molecule has 0 amide bonds. The van der Waals surface area contributed by atoms with Gasteiger partial charge in [0.15, 0.2) is 0 Å². The van der Waals surface area contributed by atoms with Crippen LogP contribution >= 0.6 is 15.9 Å². The van der Waals surface area contributed by atoms with Crippen LogP contribution < -0.4 is 4.74 Å². The number of hydrogen-bond donors (Lipinski definition) is 0. The molecule has 1 saturated carbocycles. The maximum absolute atomic E-state index is 6.20. The molecule has 17 heavy (non-hydrogen) atoms. The molecule has 0 heterocycles. The summed E-state index contributed by atoms with van der Waals surface area (Å²) in [6.07, 6.45) is 6.90. The zero-order valence-corrected chi connectivity index (χ0v) is 12.3. The summed E-state index contributed by atoms with van der Waals surface area (Å²) in [5.41, 5.74) is 3.87. The molecule has 0 atom stereocenters. The van der Waals surface area contributed by atoms with E-state index >= 15 is 0 Å². The summed E-state index contributed by atoms with van der Waals surface area (Å²) in [4.78, 5) is 0. The first-order chi connectivity index (χ1) is 8.20. The lowest BCUT2D eigenvalue weighted by atomic mass is 9.97. The van der Waals surface area contributed by atoms with Gasteiger partial charge < -0.3 is 4.74 Å². The molecule has 94 valence electrons. The van der Waals surface area contributed by atoms with E-state index < -0.39 is 0 Å². The van der Waals surface area contributed by atoms with E-state index in [1.807, 2.05) is 0 Å². The largest absolute Gasteiger partial charge is 0.490 e. The molecule has 0 N–H and O–H groups in total. The maximum Gasteiger partial charge on any atom is 0.125 e. The molecule has 0 saturated heterocycles. The van der Waals surface area contributed by atoms with Crippen LogP contribution in [0.25, 0.3) is 0 Å². The Bertz CT molecular complexity index is 358. The Morgan fingerprint density at radius 2 is 1.71 bits per heavy atom. The van der Waals surface area contributed by atoms with Gasteiger partial charge in [0.1, 0.15) is 5.75 Å². The SMILES string of the molecule is Cc1cc(CBr)cc(C)c1OC1CCCCC1. The van der Waals surface area contributed by atoms with E-state index in [2.05, 4.69) is 41.9 Å². The van der Waals surface area contributed by atoms with Crippen molar-refractivity contribution < 1.29 is 4.74 Å². The summed E-state index contributed by atoms with van der Waals surface area (Å²) in [7, 11) is 0. The Morgan fingerprint density at radius 3 is 2.24 bits per heavy atom. The maximum atomic E-state index is 6.20. The third-order valence-electron chi connectivity index (χ3n) is 3.51. The molecule has 0 aliphatic heterocycles. The number of hydrogen-bond acceptors (Lipinski definition) is 1. The summed E-state index contributed by atoms with van der Waals surface area (Å²) >= 11 is 3.51. The lowest BCUT2D eigenvalue weighted by Gasteiger charge is -2.25. The molecule has 2 heteroatoms. The highest BCUT2D eigenvalue weighted by atomic mass is 79.9. The summed E-state index contributed by atoms with van der Waals surface area (Å²) in [5.74, 6) is 1.11. The van der Waals surface area contributed by atoms with Crippen molar-refractivity contribution in [1.29, 1.82) is 0 Å². The molecule has 2 rings (SSSR count). The lowest BCUT2D eigenvalue weighted by Crippen LogP contribution is -2.20. The number of halogens is 1. The van der Waals surface area contributed by atoms with Crippen molar-refractivity contribution >= 4 is 15.9 Å². The monoisotopic (exact) mass is 296 g/mol. The van der Waals surface area contributed by atoms with Crippen LogP contribution in [-0.4, -0.2) is 6.10 Å². The van der Waals surface area contributed by atoms with E-state index in [1.165, 1.54) is 48.8 Å². The van der Waals surface area contributed by atoms with Gasteiger partial charge in [0, 0.05) is 5.33 Å².